The first kappa shape index (κ1) is 13.6. The Morgan fingerprint density at radius 3 is 2.05 bits per heavy atom. The maximum absolute atomic E-state index is 12.6. The van der Waals surface area contributed by atoms with E-state index in [4.69, 9.17) is 4.74 Å². The fourth-order valence-electron chi connectivity index (χ4n) is 5.14. The highest BCUT2D eigenvalue weighted by Gasteiger charge is 2.50. The summed E-state index contributed by atoms with van der Waals surface area (Å²) < 4.78 is 5.44. The van der Waals surface area contributed by atoms with E-state index in [1.807, 2.05) is 0 Å². The molecule has 4 aliphatic rings. The minimum Gasteiger partial charge on any atom is -0.379 e. The van der Waals surface area contributed by atoms with Gasteiger partial charge in [0.2, 0.25) is 0 Å². The number of carbonyl (C=O) groups excluding carboxylic acids is 1. The minimum atomic E-state index is -0.151. The molecule has 4 rings (SSSR count). The molecule has 0 atom stereocenters. The van der Waals surface area contributed by atoms with Gasteiger partial charge in [-0.05, 0) is 76.0 Å². The van der Waals surface area contributed by atoms with Crippen LogP contribution in [0.3, 0.4) is 0 Å². The van der Waals surface area contributed by atoms with Crippen LogP contribution in [0.2, 0.25) is 0 Å². The van der Waals surface area contributed by atoms with Gasteiger partial charge in [0, 0.05) is 19.4 Å². The first-order valence-electron chi connectivity index (χ1n) is 8.06. The van der Waals surface area contributed by atoms with Gasteiger partial charge in [-0.25, -0.2) is 0 Å². The Balaban J connectivity index is 1.61. The topological polar surface area (TPSA) is 26.3 Å². The fourth-order valence-corrected chi connectivity index (χ4v) is 5.14. The lowest BCUT2D eigenvalue weighted by Gasteiger charge is -2.54. The Hall–Kier alpha value is -0.370. The summed E-state index contributed by atoms with van der Waals surface area (Å²) >= 11 is 0. The molecule has 0 aliphatic heterocycles. The molecule has 2 heteroatoms. The SMILES string of the molecule is COC(C)(C)CCC(=O)C1C2CC3CC(C2)CC1C3. The first-order valence-corrected chi connectivity index (χ1v) is 8.06. The molecule has 0 N–H and O–H groups in total. The van der Waals surface area contributed by atoms with Gasteiger partial charge in [0.25, 0.3) is 0 Å². The largest absolute Gasteiger partial charge is 0.379 e. The van der Waals surface area contributed by atoms with Crippen LogP contribution in [0.25, 0.3) is 0 Å². The summed E-state index contributed by atoms with van der Waals surface area (Å²) in [4.78, 5) is 12.6. The van der Waals surface area contributed by atoms with Crippen molar-refractivity contribution < 1.29 is 9.53 Å². The molecular formula is C17H28O2. The molecule has 0 spiro atoms. The molecule has 4 fully saturated rings. The van der Waals surface area contributed by atoms with Crippen LogP contribution < -0.4 is 0 Å². The van der Waals surface area contributed by atoms with Gasteiger partial charge in [0.15, 0.2) is 0 Å². The van der Waals surface area contributed by atoms with Crippen LogP contribution in [0.4, 0.5) is 0 Å². The quantitative estimate of drug-likeness (QED) is 0.754. The molecule has 4 aliphatic carbocycles. The lowest BCUT2D eigenvalue weighted by molar-refractivity contribution is -0.137. The van der Waals surface area contributed by atoms with Crippen molar-refractivity contribution in [3.8, 4) is 0 Å². The summed E-state index contributed by atoms with van der Waals surface area (Å²) in [6.07, 6.45) is 8.42. The fraction of sp³-hybridized carbons (Fsp3) is 0.941. The molecule has 0 aromatic heterocycles. The Morgan fingerprint density at radius 1 is 1.05 bits per heavy atom. The second-order valence-electron chi connectivity index (χ2n) is 7.89. The van der Waals surface area contributed by atoms with E-state index in [-0.39, 0.29) is 5.60 Å². The van der Waals surface area contributed by atoms with Crippen LogP contribution in [0, 0.1) is 29.6 Å². The first-order chi connectivity index (χ1) is 8.98. The minimum absolute atomic E-state index is 0.151. The van der Waals surface area contributed by atoms with Gasteiger partial charge in [-0.3, -0.25) is 4.79 Å². The van der Waals surface area contributed by atoms with E-state index >= 15 is 0 Å². The van der Waals surface area contributed by atoms with E-state index in [1.165, 1.54) is 32.1 Å². The average molecular weight is 264 g/mol. The van der Waals surface area contributed by atoms with E-state index < -0.39 is 0 Å². The molecule has 0 radical (unpaired) electrons. The molecule has 0 unspecified atom stereocenters. The molecule has 19 heavy (non-hydrogen) atoms. The molecule has 2 nitrogen and oxygen atoms in total. The summed E-state index contributed by atoms with van der Waals surface area (Å²) in [7, 11) is 1.74. The van der Waals surface area contributed by atoms with Gasteiger partial charge in [0.05, 0.1) is 5.60 Å². The van der Waals surface area contributed by atoms with E-state index in [0.717, 1.165) is 30.1 Å². The van der Waals surface area contributed by atoms with Crippen molar-refractivity contribution in [1.29, 1.82) is 0 Å². The van der Waals surface area contributed by atoms with E-state index in [2.05, 4.69) is 13.8 Å². The predicted octanol–water partition coefficient (Wildman–Crippen LogP) is 3.83. The summed E-state index contributed by atoms with van der Waals surface area (Å²) in [6, 6.07) is 0. The van der Waals surface area contributed by atoms with Crippen molar-refractivity contribution in [1.82, 2.24) is 0 Å². The number of Topliss-reactive ketones (excluding diaryl/α,β-unsaturated/α-hetero) is 1. The van der Waals surface area contributed by atoms with Crippen molar-refractivity contribution in [2.75, 3.05) is 7.11 Å². The van der Waals surface area contributed by atoms with Crippen LogP contribution in [-0.2, 0) is 9.53 Å². The number of hydrogen-bond donors (Lipinski definition) is 0. The number of ether oxygens (including phenoxy) is 1. The Labute approximate surface area is 117 Å². The van der Waals surface area contributed by atoms with E-state index in [9.17, 15) is 4.79 Å². The van der Waals surface area contributed by atoms with Crippen LogP contribution in [0.15, 0.2) is 0 Å². The molecule has 0 amide bonds. The summed E-state index contributed by atoms with van der Waals surface area (Å²) in [5.41, 5.74) is -0.151. The lowest BCUT2D eigenvalue weighted by Crippen LogP contribution is -2.48. The number of rotatable bonds is 5. The normalized spacial score (nSPS) is 40.7. The Bertz CT molecular complexity index is 330. The summed E-state index contributed by atoms with van der Waals surface area (Å²) in [6.45, 7) is 4.16. The van der Waals surface area contributed by atoms with Crippen LogP contribution in [0.5, 0.6) is 0 Å². The molecular weight excluding hydrogens is 236 g/mol. The van der Waals surface area contributed by atoms with Crippen molar-refractivity contribution in [2.45, 2.75) is 64.4 Å². The van der Waals surface area contributed by atoms with E-state index in [1.54, 1.807) is 7.11 Å². The third-order valence-corrected chi connectivity index (χ3v) is 6.12. The lowest BCUT2D eigenvalue weighted by atomic mass is 9.51. The molecule has 0 aromatic rings. The number of hydrogen-bond acceptors (Lipinski definition) is 2. The predicted molar refractivity (Wildman–Crippen MR) is 75.9 cm³/mol. The van der Waals surface area contributed by atoms with Crippen molar-refractivity contribution in [3.05, 3.63) is 0 Å². The molecule has 4 bridgehead atoms. The van der Waals surface area contributed by atoms with Gasteiger partial charge >= 0.3 is 0 Å². The van der Waals surface area contributed by atoms with Gasteiger partial charge in [-0.15, -0.1) is 0 Å². The Kier molecular flexibility index (Phi) is 3.49. The van der Waals surface area contributed by atoms with Crippen LogP contribution in [0.1, 0.15) is 58.8 Å². The molecule has 0 aromatic carbocycles. The number of methoxy groups -OCH3 is 1. The van der Waals surface area contributed by atoms with Gasteiger partial charge in [-0.1, -0.05) is 0 Å². The zero-order valence-corrected chi connectivity index (χ0v) is 12.7. The van der Waals surface area contributed by atoms with E-state index in [0.29, 0.717) is 18.1 Å². The monoisotopic (exact) mass is 264 g/mol. The standard InChI is InChI=1S/C17H28O2/c1-17(2,19-3)5-4-15(18)16-13-7-11-6-12(9-13)10-14(16)8-11/h11-14,16H,4-10H2,1-3H3. The highest BCUT2D eigenvalue weighted by molar-refractivity contribution is 5.82. The average Bonchev–Trinajstić information content (AvgIpc) is 2.35. The van der Waals surface area contributed by atoms with Gasteiger partial charge < -0.3 is 4.74 Å². The zero-order chi connectivity index (χ0) is 13.6. The van der Waals surface area contributed by atoms with Crippen molar-refractivity contribution in [2.24, 2.45) is 29.6 Å². The maximum Gasteiger partial charge on any atom is 0.136 e. The zero-order valence-electron chi connectivity index (χ0n) is 12.7. The smallest absolute Gasteiger partial charge is 0.136 e. The summed E-state index contributed by atoms with van der Waals surface area (Å²) in [5, 5.41) is 0. The van der Waals surface area contributed by atoms with Crippen LogP contribution >= 0.6 is 0 Å². The molecule has 108 valence electrons. The highest BCUT2D eigenvalue weighted by atomic mass is 16.5. The van der Waals surface area contributed by atoms with Crippen molar-refractivity contribution in [3.63, 3.8) is 0 Å². The Morgan fingerprint density at radius 2 is 1.58 bits per heavy atom. The maximum atomic E-state index is 12.6. The highest BCUT2D eigenvalue weighted by Crippen LogP contribution is 2.57. The third kappa shape index (κ3) is 2.61. The number of ketones is 1. The van der Waals surface area contributed by atoms with Crippen LogP contribution in [-0.4, -0.2) is 18.5 Å². The number of carbonyl (C=O) groups is 1. The third-order valence-electron chi connectivity index (χ3n) is 6.12. The molecule has 4 saturated carbocycles. The van der Waals surface area contributed by atoms with Gasteiger partial charge in [-0.2, -0.15) is 0 Å². The van der Waals surface area contributed by atoms with Gasteiger partial charge in [0.1, 0.15) is 5.78 Å². The van der Waals surface area contributed by atoms with Crippen molar-refractivity contribution >= 4 is 5.78 Å². The molecule has 0 heterocycles. The summed E-state index contributed by atoms with van der Waals surface area (Å²) in [5.74, 6) is 4.33. The second-order valence-corrected chi connectivity index (χ2v) is 7.89. The second kappa shape index (κ2) is 4.87. The molecule has 0 saturated heterocycles.